The Balaban J connectivity index is 2.36. The molecule has 0 atom stereocenters. The van der Waals surface area contributed by atoms with Gasteiger partial charge in [0.05, 0.1) is 18.2 Å². The van der Waals surface area contributed by atoms with E-state index >= 15 is 0 Å². The predicted molar refractivity (Wildman–Crippen MR) is 47.5 cm³/mol. The number of rotatable bonds is 1. The minimum atomic E-state index is -0.389. The number of hydrogen-bond acceptors (Lipinski definition) is 5. The maximum absolute atomic E-state index is 11.2. The summed E-state index contributed by atoms with van der Waals surface area (Å²) in [5.41, 5.74) is 1.16. The molecule has 2 rings (SSSR count). The number of methoxy groups -OCH3 is 1. The number of hydrogen-bond donors (Lipinski definition) is 0. The van der Waals surface area contributed by atoms with E-state index < -0.39 is 0 Å². The van der Waals surface area contributed by atoms with E-state index in [1.807, 2.05) is 0 Å². The van der Waals surface area contributed by atoms with Crippen molar-refractivity contribution in [1.82, 2.24) is 9.97 Å². The van der Waals surface area contributed by atoms with E-state index in [9.17, 15) is 4.79 Å². The van der Waals surface area contributed by atoms with Crippen LogP contribution in [0, 0.1) is 0 Å². The molecule has 72 valence electrons. The van der Waals surface area contributed by atoms with Crippen LogP contribution in [0.25, 0.3) is 6.08 Å². The van der Waals surface area contributed by atoms with E-state index in [2.05, 4.69) is 14.7 Å². The molecular formula is C9H8N2O3. The van der Waals surface area contributed by atoms with Crippen LogP contribution in [0.1, 0.15) is 5.56 Å². The monoisotopic (exact) mass is 192 g/mol. The van der Waals surface area contributed by atoms with Crippen LogP contribution in [-0.2, 0) is 9.53 Å². The number of ether oxygens (including phenoxy) is 2. The average Bonchev–Trinajstić information content (AvgIpc) is 2.27. The zero-order chi connectivity index (χ0) is 9.97. The van der Waals surface area contributed by atoms with Crippen LogP contribution in [0.5, 0.6) is 5.88 Å². The molecule has 5 heteroatoms. The van der Waals surface area contributed by atoms with E-state index in [1.165, 1.54) is 13.4 Å². The fraction of sp³-hybridized carbons (Fsp3) is 0.222. The molecule has 1 aliphatic rings. The van der Waals surface area contributed by atoms with Crippen molar-refractivity contribution in [3.05, 3.63) is 23.7 Å². The summed E-state index contributed by atoms with van der Waals surface area (Å²) in [6.45, 7) is 0.191. The maximum Gasteiger partial charge on any atom is 0.337 e. The van der Waals surface area contributed by atoms with E-state index in [0.717, 1.165) is 0 Å². The molecular weight excluding hydrogens is 184 g/mol. The quantitative estimate of drug-likeness (QED) is 0.603. The van der Waals surface area contributed by atoms with E-state index in [4.69, 9.17) is 4.74 Å². The summed E-state index contributed by atoms with van der Waals surface area (Å²) in [6, 6.07) is 0. The maximum atomic E-state index is 11.2. The molecule has 1 aromatic rings. The van der Waals surface area contributed by atoms with Gasteiger partial charge < -0.3 is 9.47 Å². The van der Waals surface area contributed by atoms with Crippen LogP contribution in [0.4, 0.5) is 0 Å². The lowest BCUT2D eigenvalue weighted by Gasteiger charge is -2.14. The second-order valence-corrected chi connectivity index (χ2v) is 2.73. The molecule has 0 spiro atoms. The summed E-state index contributed by atoms with van der Waals surface area (Å²) in [5, 5.41) is 0. The normalized spacial score (nSPS) is 13.6. The molecule has 0 aliphatic carbocycles. The first-order chi connectivity index (χ1) is 6.81. The van der Waals surface area contributed by atoms with Crippen LogP contribution in [0.3, 0.4) is 0 Å². The minimum absolute atomic E-state index is 0.191. The molecule has 0 saturated heterocycles. The number of nitrogens with zero attached hydrogens (tertiary/aromatic N) is 2. The minimum Gasteiger partial charge on any atom is -0.472 e. The molecule has 0 fully saturated rings. The molecule has 0 bridgehead atoms. The Bertz CT molecular complexity index is 401. The van der Waals surface area contributed by atoms with Gasteiger partial charge in [-0.05, 0) is 6.08 Å². The van der Waals surface area contributed by atoms with Gasteiger partial charge in [0.25, 0.3) is 0 Å². The molecule has 0 saturated carbocycles. The zero-order valence-electron chi connectivity index (χ0n) is 7.56. The second kappa shape index (κ2) is 3.45. The topological polar surface area (TPSA) is 61.3 Å². The smallest absolute Gasteiger partial charge is 0.337 e. The molecule has 0 aromatic carbocycles. The third kappa shape index (κ3) is 1.44. The van der Waals surface area contributed by atoms with Gasteiger partial charge in [-0.1, -0.05) is 0 Å². The molecule has 0 unspecified atom stereocenters. The van der Waals surface area contributed by atoms with Gasteiger partial charge in [-0.25, -0.2) is 14.8 Å². The van der Waals surface area contributed by atoms with Crippen LogP contribution in [-0.4, -0.2) is 29.7 Å². The van der Waals surface area contributed by atoms with E-state index in [-0.39, 0.29) is 12.6 Å². The number of fused-ring (bicyclic) bond motifs is 1. The SMILES string of the molecule is COC(=O)C1=Cc2cncnc2OC1. The lowest BCUT2D eigenvalue weighted by molar-refractivity contribution is -0.136. The first-order valence-corrected chi connectivity index (χ1v) is 4.03. The highest BCUT2D eigenvalue weighted by molar-refractivity contribution is 5.94. The molecule has 0 amide bonds. The number of esters is 1. The summed E-state index contributed by atoms with van der Waals surface area (Å²) in [5.74, 6) is 0.104. The third-order valence-corrected chi connectivity index (χ3v) is 1.84. The van der Waals surface area contributed by atoms with Gasteiger partial charge in [-0.15, -0.1) is 0 Å². The first-order valence-electron chi connectivity index (χ1n) is 4.03. The van der Waals surface area contributed by atoms with Gasteiger partial charge in [0, 0.05) is 6.20 Å². The highest BCUT2D eigenvalue weighted by Gasteiger charge is 2.18. The summed E-state index contributed by atoms with van der Waals surface area (Å²) in [6.07, 6.45) is 4.66. The average molecular weight is 192 g/mol. The zero-order valence-corrected chi connectivity index (χ0v) is 7.56. The van der Waals surface area contributed by atoms with Gasteiger partial charge in [0.2, 0.25) is 5.88 Å². The summed E-state index contributed by atoms with van der Waals surface area (Å²) >= 11 is 0. The summed E-state index contributed by atoms with van der Waals surface area (Å²) in [4.78, 5) is 18.9. The predicted octanol–water partition coefficient (Wildman–Crippen LogP) is 0.425. The van der Waals surface area contributed by atoms with Crippen molar-refractivity contribution >= 4 is 12.0 Å². The molecule has 1 aromatic heterocycles. The fourth-order valence-corrected chi connectivity index (χ4v) is 1.17. The molecule has 0 N–H and O–H groups in total. The Morgan fingerprint density at radius 3 is 3.29 bits per heavy atom. The Labute approximate surface area is 80.4 Å². The molecule has 5 nitrogen and oxygen atoms in total. The highest BCUT2D eigenvalue weighted by atomic mass is 16.5. The Kier molecular flexibility index (Phi) is 2.14. The van der Waals surface area contributed by atoms with Crippen LogP contribution < -0.4 is 4.74 Å². The molecule has 2 heterocycles. The fourth-order valence-electron chi connectivity index (χ4n) is 1.17. The highest BCUT2D eigenvalue weighted by Crippen LogP contribution is 2.22. The van der Waals surface area contributed by atoms with Crippen molar-refractivity contribution in [2.45, 2.75) is 0 Å². The van der Waals surface area contributed by atoms with Gasteiger partial charge >= 0.3 is 5.97 Å². The lowest BCUT2D eigenvalue weighted by Crippen LogP contribution is -2.16. The second-order valence-electron chi connectivity index (χ2n) is 2.73. The van der Waals surface area contributed by atoms with Crippen molar-refractivity contribution < 1.29 is 14.3 Å². The van der Waals surface area contributed by atoms with Crippen LogP contribution in [0.15, 0.2) is 18.1 Å². The van der Waals surface area contributed by atoms with Crippen LogP contribution in [0.2, 0.25) is 0 Å². The van der Waals surface area contributed by atoms with Gasteiger partial charge in [0.15, 0.2) is 0 Å². The molecule has 0 radical (unpaired) electrons. The molecule has 14 heavy (non-hydrogen) atoms. The Morgan fingerprint density at radius 1 is 1.64 bits per heavy atom. The summed E-state index contributed by atoms with van der Waals surface area (Å²) < 4.78 is 9.82. The van der Waals surface area contributed by atoms with Gasteiger partial charge in [-0.2, -0.15) is 0 Å². The number of carbonyl (C=O) groups is 1. The number of aromatic nitrogens is 2. The first kappa shape index (κ1) is 8.68. The Hall–Kier alpha value is -1.91. The van der Waals surface area contributed by atoms with Crippen LogP contribution >= 0.6 is 0 Å². The lowest BCUT2D eigenvalue weighted by atomic mass is 10.1. The van der Waals surface area contributed by atoms with E-state index in [1.54, 1.807) is 12.3 Å². The third-order valence-electron chi connectivity index (χ3n) is 1.84. The van der Waals surface area contributed by atoms with Crippen molar-refractivity contribution in [2.24, 2.45) is 0 Å². The summed E-state index contributed by atoms with van der Waals surface area (Å²) in [7, 11) is 1.33. The molecule has 1 aliphatic heterocycles. The number of carbonyl (C=O) groups excluding carboxylic acids is 1. The van der Waals surface area contributed by atoms with Gasteiger partial charge in [0.1, 0.15) is 12.9 Å². The Morgan fingerprint density at radius 2 is 2.50 bits per heavy atom. The van der Waals surface area contributed by atoms with E-state index in [0.29, 0.717) is 17.0 Å². The van der Waals surface area contributed by atoms with Crippen molar-refractivity contribution in [1.29, 1.82) is 0 Å². The van der Waals surface area contributed by atoms with Gasteiger partial charge in [-0.3, -0.25) is 0 Å². The largest absolute Gasteiger partial charge is 0.472 e. The van der Waals surface area contributed by atoms with Crippen molar-refractivity contribution in [3.8, 4) is 5.88 Å². The van der Waals surface area contributed by atoms with Crippen molar-refractivity contribution in [2.75, 3.05) is 13.7 Å². The van der Waals surface area contributed by atoms with Crippen molar-refractivity contribution in [3.63, 3.8) is 0 Å². The standard InChI is InChI=1S/C9H8N2O3/c1-13-9(12)7-2-6-3-10-5-11-8(6)14-4-7/h2-3,5H,4H2,1H3.